The van der Waals surface area contributed by atoms with Crippen molar-refractivity contribution in [1.29, 1.82) is 0 Å². The van der Waals surface area contributed by atoms with E-state index in [1.165, 1.54) is 10.6 Å². The molecular formula is C17H16N2O3Se. The molecule has 3 rings (SSSR count). The molecule has 0 saturated heterocycles. The Morgan fingerprint density at radius 3 is 2.48 bits per heavy atom. The number of likely N-dealkylation sites (N-methyl/N-ethyl adjacent to an activating group) is 1. The molecule has 2 aromatic carbocycles. The summed E-state index contributed by atoms with van der Waals surface area (Å²) >= 11 is -2.76. The molecule has 1 amide bonds. The first-order valence-electron chi connectivity index (χ1n) is 7.23. The molecule has 0 saturated carbocycles. The van der Waals surface area contributed by atoms with Crippen LogP contribution in [0, 0.1) is 0 Å². The summed E-state index contributed by atoms with van der Waals surface area (Å²) in [5.41, 5.74) is 0.591. The van der Waals surface area contributed by atoms with E-state index >= 15 is 0 Å². The molecule has 0 bridgehead atoms. The van der Waals surface area contributed by atoms with Gasteiger partial charge in [-0.3, -0.25) is 0 Å². The fourth-order valence-corrected chi connectivity index (χ4v) is 5.58. The number of hydrogen-bond acceptors (Lipinski definition) is 3. The van der Waals surface area contributed by atoms with Crippen molar-refractivity contribution in [3.8, 4) is 0 Å². The predicted octanol–water partition coefficient (Wildman–Crippen LogP) is 0.399. The third kappa shape index (κ3) is 2.88. The topological polar surface area (TPSA) is 74.2 Å². The van der Waals surface area contributed by atoms with Gasteiger partial charge < -0.3 is 0 Å². The van der Waals surface area contributed by atoms with E-state index in [2.05, 4.69) is 5.32 Å². The molecule has 0 aliphatic rings. The Morgan fingerprint density at radius 1 is 1.17 bits per heavy atom. The second kappa shape index (κ2) is 6.54. The van der Waals surface area contributed by atoms with Crippen LogP contribution in [0.2, 0.25) is 0 Å². The van der Waals surface area contributed by atoms with E-state index in [1.807, 2.05) is 30.3 Å². The number of rotatable bonds is 4. The van der Waals surface area contributed by atoms with E-state index in [9.17, 15) is 13.8 Å². The summed E-state index contributed by atoms with van der Waals surface area (Å²) in [4.78, 5) is 25.0. The molecule has 1 unspecified atom stereocenters. The van der Waals surface area contributed by atoms with Crippen molar-refractivity contribution in [2.24, 2.45) is 0 Å². The Balaban J connectivity index is 2.14. The van der Waals surface area contributed by atoms with E-state index in [-0.39, 0.29) is 11.5 Å². The maximum absolute atomic E-state index is 12.8. The Hall–Kier alpha value is -2.14. The van der Waals surface area contributed by atoms with Gasteiger partial charge in [-0.05, 0) is 0 Å². The number of hydrogen-bond donors (Lipinski definition) is 1. The van der Waals surface area contributed by atoms with Gasteiger partial charge >= 0.3 is 137 Å². The normalized spacial score (nSPS) is 13.0. The summed E-state index contributed by atoms with van der Waals surface area (Å²) < 4.78 is 14.6. The predicted molar refractivity (Wildman–Crippen MR) is 88.4 cm³/mol. The average Bonchev–Trinajstić information content (AvgIpc) is 2.85. The summed E-state index contributed by atoms with van der Waals surface area (Å²) in [5.74, 6) is -0.306. The molecular weight excluding hydrogens is 359 g/mol. The molecule has 0 aliphatic heterocycles. The van der Waals surface area contributed by atoms with Crippen LogP contribution in [-0.4, -0.2) is 30.5 Å². The van der Waals surface area contributed by atoms with Crippen LogP contribution >= 0.6 is 0 Å². The maximum atomic E-state index is 12.8. The van der Waals surface area contributed by atoms with Gasteiger partial charge in [0.15, 0.2) is 0 Å². The number of amides is 1. The van der Waals surface area contributed by atoms with Crippen LogP contribution in [0.5, 0.6) is 0 Å². The first-order chi connectivity index (χ1) is 11.1. The zero-order chi connectivity index (χ0) is 16.4. The fourth-order valence-electron chi connectivity index (χ4n) is 2.64. The van der Waals surface area contributed by atoms with E-state index in [0.29, 0.717) is 16.1 Å². The quantitative estimate of drug-likeness (QED) is 0.671. The number of nitrogens with zero attached hydrogens (tertiary/aromatic N) is 1. The third-order valence-electron chi connectivity index (χ3n) is 3.79. The molecule has 23 heavy (non-hydrogen) atoms. The second-order valence-corrected chi connectivity index (χ2v) is 7.99. The van der Waals surface area contributed by atoms with Crippen LogP contribution in [0.4, 0.5) is 0 Å². The first kappa shape index (κ1) is 15.7. The van der Waals surface area contributed by atoms with Gasteiger partial charge in [-0.2, -0.15) is 0 Å². The number of fused-ring (bicyclic) bond motifs is 1. The Bertz CT molecular complexity index is 899. The van der Waals surface area contributed by atoms with Gasteiger partial charge in [0.1, 0.15) is 0 Å². The van der Waals surface area contributed by atoms with Gasteiger partial charge in [-0.15, -0.1) is 0 Å². The van der Waals surface area contributed by atoms with Crippen LogP contribution in [0.25, 0.3) is 9.65 Å². The van der Waals surface area contributed by atoms with E-state index in [1.54, 1.807) is 24.3 Å². The molecule has 5 nitrogen and oxygen atoms in total. The molecule has 118 valence electrons. The molecule has 1 aromatic heterocycles. The zero-order valence-electron chi connectivity index (χ0n) is 12.6. The van der Waals surface area contributed by atoms with Gasteiger partial charge in [0, 0.05) is 0 Å². The molecule has 0 aliphatic carbocycles. The monoisotopic (exact) mass is 376 g/mol. The molecule has 2 atom stereocenters. The Morgan fingerprint density at radius 2 is 1.83 bits per heavy atom. The molecule has 1 heterocycles. The van der Waals surface area contributed by atoms with Crippen molar-refractivity contribution >= 4 is 29.6 Å². The number of carbonyl (C=O) groups excluding carboxylic acids is 1. The minimum atomic E-state index is -2.76. The third-order valence-corrected chi connectivity index (χ3v) is 6.96. The van der Waals surface area contributed by atoms with Crippen LogP contribution in [0.15, 0.2) is 59.4 Å². The summed E-state index contributed by atoms with van der Waals surface area (Å²) in [6, 6.07) is 15.5. The van der Waals surface area contributed by atoms with Gasteiger partial charge in [0.2, 0.25) is 0 Å². The van der Waals surface area contributed by atoms with Crippen LogP contribution < -0.4 is 15.1 Å². The summed E-state index contributed by atoms with van der Waals surface area (Å²) in [7, 11) is 1.52. The van der Waals surface area contributed by atoms with Crippen molar-refractivity contribution in [3.63, 3.8) is 0 Å². The second-order valence-electron chi connectivity index (χ2n) is 5.20. The molecule has 3 aromatic rings. The van der Waals surface area contributed by atoms with Gasteiger partial charge in [-0.1, -0.05) is 0 Å². The van der Waals surface area contributed by atoms with Crippen molar-refractivity contribution in [1.82, 2.24) is 8.88 Å². The van der Waals surface area contributed by atoms with Gasteiger partial charge in [0.25, 0.3) is 0 Å². The van der Waals surface area contributed by atoms with Gasteiger partial charge in [-0.25, -0.2) is 0 Å². The average molecular weight is 375 g/mol. The summed E-state index contributed by atoms with van der Waals surface area (Å²) in [5, 5.41) is 3.02. The number of nitrogens with one attached hydrogen (secondary N) is 1. The van der Waals surface area contributed by atoms with E-state index in [0.717, 1.165) is 5.56 Å². The standard InChI is InChI=1S/C17H16N2O3Se/c1-18-16(20)14(11-12-7-3-2-4-8-12)19-17(21)13-9-5-6-10-15(13)23(19)22/h2-10,14H,11H2,1H3,(H,18,20)/t14-,23?/m0/s1. The van der Waals surface area contributed by atoms with Crippen molar-refractivity contribution < 1.29 is 8.98 Å². The van der Waals surface area contributed by atoms with Crippen molar-refractivity contribution in [2.45, 2.75) is 12.5 Å². The molecule has 0 radical (unpaired) electrons. The molecule has 1 N–H and O–H groups in total. The number of aromatic nitrogens is 1. The van der Waals surface area contributed by atoms with Crippen molar-refractivity contribution in [3.05, 3.63) is 70.5 Å². The van der Waals surface area contributed by atoms with Crippen LogP contribution in [-0.2, 0) is 11.2 Å². The van der Waals surface area contributed by atoms with E-state index in [4.69, 9.17) is 0 Å². The minimum absolute atomic E-state index is 0.306. The van der Waals surface area contributed by atoms with Gasteiger partial charge in [0.05, 0.1) is 0 Å². The molecule has 0 spiro atoms. The van der Waals surface area contributed by atoms with E-state index < -0.39 is 20.0 Å². The Kier molecular flexibility index (Phi) is 4.48. The molecule has 0 fully saturated rings. The Labute approximate surface area is 137 Å². The zero-order valence-corrected chi connectivity index (χ0v) is 14.3. The number of benzene rings is 2. The van der Waals surface area contributed by atoms with Crippen LogP contribution in [0.1, 0.15) is 11.6 Å². The first-order valence-corrected chi connectivity index (χ1v) is 9.55. The van der Waals surface area contributed by atoms with Crippen LogP contribution in [0.3, 0.4) is 0 Å². The van der Waals surface area contributed by atoms with Crippen molar-refractivity contribution in [2.75, 3.05) is 7.05 Å². The molecule has 6 heteroatoms. The fraction of sp³-hybridized carbons (Fsp3) is 0.176. The SMILES string of the molecule is CNC(=O)[C@H](Cc1ccccc1)n1c(=O)c2ccccc2[se+]1[O-]. The number of carbonyl (C=O) groups is 1. The summed E-state index contributed by atoms with van der Waals surface area (Å²) in [6.07, 6.45) is 0.336. The summed E-state index contributed by atoms with van der Waals surface area (Å²) in [6.45, 7) is 0.